The molecule has 4 nitrogen and oxygen atoms in total. The van der Waals surface area contributed by atoms with Crippen molar-refractivity contribution >= 4 is 17.3 Å². The molecule has 1 aliphatic heterocycles. The van der Waals surface area contributed by atoms with Crippen LogP contribution in [0.5, 0.6) is 5.75 Å². The maximum Gasteiger partial charge on any atom is 0.416 e. The standard InChI is InChI=1S/C20H21F3N2O2/c1-14-11-16(25-9-2-3-10-25)7-8-18(14)24-19(26)13-27-17-6-4-5-15(12-17)20(21,22)23/h4-8,11-12H,2-3,9-10,13H2,1H3,(H,24,26). The first kappa shape index (κ1) is 19.1. The molecule has 0 bridgehead atoms. The number of rotatable bonds is 5. The highest BCUT2D eigenvalue weighted by molar-refractivity contribution is 5.92. The lowest BCUT2D eigenvalue weighted by atomic mass is 10.1. The third kappa shape index (κ3) is 4.93. The van der Waals surface area contributed by atoms with Gasteiger partial charge in [-0.2, -0.15) is 13.2 Å². The van der Waals surface area contributed by atoms with Crippen LogP contribution in [0.3, 0.4) is 0 Å². The van der Waals surface area contributed by atoms with Crippen molar-refractivity contribution in [1.82, 2.24) is 0 Å². The van der Waals surface area contributed by atoms with Gasteiger partial charge in [-0.3, -0.25) is 4.79 Å². The van der Waals surface area contributed by atoms with Gasteiger partial charge in [0, 0.05) is 24.5 Å². The van der Waals surface area contributed by atoms with E-state index in [1.807, 2.05) is 25.1 Å². The summed E-state index contributed by atoms with van der Waals surface area (Å²) in [6, 6.07) is 10.3. The van der Waals surface area contributed by atoms with Crippen LogP contribution >= 0.6 is 0 Å². The summed E-state index contributed by atoms with van der Waals surface area (Å²) in [5, 5.41) is 2.74. The van der Waals surface area contributed by atoms with Gasteiger partial charge in [0.05, 0.1) is 5.56 Å². The number of nitrogens with one attached hydrogen (secondary N) is 1. The third-order valence-corrected chi connectivity index (χ3v) is 4.49. The molecule has 0 radical (unpaired) electrons. The zero-order valence-electron chi connectivity index (χ0n) is 15.0. The molecule has 7 heteroatoms. The fourth-order valence-corrected chi connectivity index (χ4v) is 3.06. The molecular formula is C20H21F3N2O2. The van der Waals surface area contributed by atoms with E-state index in [0.29, 0.717) is 5.69 Å². The quantitative estimate of drug-likeness (QED) is 0.825. The van der Waals surface area contributed by atoms with Crippen LogP contribution in [0.4, 0.5) is 24.5 Å². The molecule has 0 aliphatic carbocycles. The number of hydrogen-bond donors (Lipinski definition) is 1. The lowest BCUT2D eigenvalue weighted by Crippen LogP contribution is -2.21. The first-order chi connectivity index (χ1) is 12.8. The second kappa shape index (κ2) is 7.90. The highest BCUT2D eigenvalue weighted by Crippen LogP contribution is 2.31. The largest absolute Gasteiger partial charge is 0.484 e. The lowest BCUT2D eigenvalue weighted by molar-refractivity contribution is -0.137. The zero-order valence-corrected chi connectivity index (χ0v) is 15.0. The summed E-state index contributed by atoms with van der Waals surface area (Å²) in [6.45, 7) is 3.61. The molecule has 1 amide bonds. The van der Waals surface area contributed by atoms with E-state index in [1.54, 1.807) is 0 Å². The van der Waals surface area contributed by atoms with E-state index in [1.165, 1.54) is 25.0 Å². The number of aryl methyl sites for hydroxylation is 1. The Bertz CT molecular complexity index is 815. The van der Waals surface area contributed by atoms with E-state index >= 15 is 0 Å². The topological polar surface area (TPSA) is 41.6 Å². The molecule has 0 spiro atoms. The molecule has 0 aromatic heterocycles. The number of carbonyl (C=O) groups excluding carboxylic acids is 1. The fraction of sp³-hybridized carbons (Fsp3) is 0.350. The van der Waals surface area contributed by atoms with Gasteiger partial charge in [0.2, 0.25) is 0 Å². The highest BCUT2D eigenvalue weighted by Gasteiger charge is 2.30. The first-order valence-electron chi connectivity index (χ1n) is 8.78. The van der Waals surface area contributed by atoms with Crippen LogP contribution in [0.15, 0.2) is 42.5 Å². The molecule has 1 heterocycles. The van der Waals surface area contributed by atoms with Gasteiger partial charge in [-0.15, -0.1) is 0 Å². The minimum Gasteiger partial charge on any atom is -0.484 e. The third-order valence-electron chi connectivity index (χ3n) is 4.49. The van der Waals surface area contributed by atoms with Crippen LogP contribution in [0, 0.1) is 6.92 Å². The molecule has 144 valence electrons. The summed E-state index contributed by atoms with van der Waals surface area (Å²) in [5.41, 5.74) is 1.90. The van der Waals surface area contributed by atoms with Gasteiger partial charge >= 0.3 is 6.18 Å². The Morgan fingerprint density at radius 1 is 1.15 bits per heavy atom. The molecule has 0 saturated carbocycles. The van der Waals surface area contributed by atoms with Gasteiger partial charge in [-0.05, 0) is 61.7 Å². The SMILES string of the molecule is Cc1cc(N2CCCC2)ccc1NC(=O)COc1cccc(C(F)(F)F)c1. The van der Waals surface area contributed by atoms with Crippen LogP contribution in [-0.4, -0.2) is 25.6 Å². The van der Waals surface area contributed by atoms with E-state index in [0.717, 1.165) is 36.5 Å². The van der Waals surface area contributed by atoms with Crippen LogP contribution in [-0.2, 0) is 11.0 Å². The van der Waals surface area contributed by atoms with Crippen LogP contribution in [0.25, 0.3) is 0 Å². The maximum absolute atomic E-state index is 12.7. The summed E-state index contributed by atoms with van der Waals surface area (Å²) in [5.74, 6) is -0.425. The molecule has 27 heavy (non-hydrogen) atoms. The molecule has 2 aromatic carbocycles. The smallest absolute Gasteiger partial charge is 0.416 e. The van der Waals surface area contributed by atoms with E-state index in [4.69, 9.17) is 4.74 Å². The monoisotopic (exact) mass is 378 g/mol. The van der Waals surface area contributed by atoms with Crippen molar-refractivity contribution in [2.24, 2.45) is 0 Å². The summed E-state index contributed by atoms with van der Waals surface area (Å²) in [6.07, 6.45) is -2.08. The van der Waals surface area contributed by atoms with Crippen LogP contribution in [0.2, 0.25) is 0 Å². The Labute approximate surface area is 155 Å². The summed E-state index contributed by atoms with van der Waals surface area (Å²) in [4.78, 5) is 14.4. The number of benzene rings is 2. The zero-order chi connectivity index (χ0) is 19.4. The summed E-state index contributed by atoms with van der Waals surface area (Å²) >= 11 is 0. The Hall–Kier alpha value is -2.70. The number of carbonyl (C=O) groups is 1. The minimum atomic E-state index is -4.45. The van der Waals surface area contributed by atoms with Gasteiger partial charge < -0.3 is 15.0 Å². The average molecular weight is 378 g/mol. The molecule has 0 unspecified atom stereocenters. The predicted octanol–water partition coefficient (Wildman–Crippen LogP) is 4.63. The number of anilines is 2. The molecule has 0 atom stereocenters. The summed E-state index contributed by atoms with van der Waals surface area (Å²) < 4.78 is 43.3. The Kier molecular flexibility index (Phi) is 5.58. The number of alkyl halides is 3. The van der Waals surface area contributed by atoms with Crippen molar-refractivity contribution in [2.45, 2.75) is 25.9 Å². The van der Waals surface area contributed by atoms with E-state index in [2.05, 4.69) is 10.2 Å². The van der Waals surface area contributed by atoms with E-state index < -0.39 is 17.6 Å². The van der Waals surface area contributed by atoms with Crippen molar-refractivity contribution in [2.75, 3.05) is 29.9 Å². The van der Waals surface area contributed by atoms with Crippen molar-refractivity contribution in [3.05, 3.63) is 53.6 Å². The molecule has 1 N–H and O–H groups in total. The van der Waals surface area contributed by atoms with E-state index in [-0.39, 0.29) is 12.4 Å². The Morgan fingerprint density at radius 2 is 1.89 bits per heavy atom. The first-order valence-corrected chi connectivity index (χ1v) is 8.78. The minimum absolute atomic E-state index is 0.000998. The summed E-state index contributed by atoms with van der Waals surface area (Å²) in [7, 11) is 0. The molecule has 1 saturated heterocycles. The highest BCUT2D eigenvalue weighted by atomic mass is 19.4. The van der Waals surface area contributed by atoms with Gasteiger partial charge in [0.1, 0.15) is 5.75 Å². The molecular weight excluding hydrogens is 357 g/mol. The average Bonchev–Trinajstić information content (AvgIpc) is 3.16. The van der Waals surface area contributed by atoms with Crippen molar-refractivity contribution < 1.29 is 22.7 Å². The second-order valence-corrected chi connectivity index (χ2v) is 6.56. The molecule has 1 aliphatic rings. The maximum atomic E-state index is 12.7. The van der Waals surface area contributed by atoms with E-state index in [9.17, 15) is 18.0 Å². The van der Waals surface area contributed by atoms with Crippen LogP contribution in [0.1, 0.15) is 24.0 Å². The molecule has 3 rings (SSSR count). The van der Waals surface area contributed by atoms with Gasteiger partial charge in [0.15, 0.2) is 6.61 Å². The van der Waals surface area contributed by atoms with Gasteiger partial charge in [0.25, 0.3) is 5.91 Å². The number of amides is 1. The number of ether oxygens (including phenoxy) is 1. The normalized spacial score (nSPS) is 14.3. The number of halogens is 3. The Balaban J connectivity index is 1.58. The predicted molar refractivity (Wildman–Crippen MR) is 98.2 cm³/mol. The fourth-order valence-electron chi connectivity index (χ4n) is 3.06. The van der Waals surface area contributed by atoms with Gasteiger partial charge in [-0.1, -0.05) is 6.07 Å². The van der Waals surface area contributed by atoms with Gasteiger partial charge in [-0.25, -0.2) is 0 Å². The van der Waals surface area contributed by atoms with Crippen LogP contribution < -0.4 is 15.0 Å². The van der Waals surface area contributed by atoms with Crippen molar-refractivity contribution in [1.29, 1.82) is 0 Å². The number of nitrogens with zero attached hydrogens (tertiary/aromatic N) is 1. The molecule has 2 aromatic rings. The molecule has 1 fully saturated rings. The number of hydrogen-bond acceptors (Lipinski definition) is 3. The Morgan fingerprint density at radius 3 is 2.56 bits per heavy atom. The lowest BCUT2D eigenvalue weighted by Gasteiger charge is -2.19. The van der Waals surface area contributed by atoms with Crippen molar-refractivity contribution in [3.8, 4) is 5.75 Å². The second-order valence-electron chi connectivity index (χ2n) is 6.56. The van der Waals surface area contributed by atoms with Crippen molar-refractivity contribution in [3.63, 3.8) is 0 Å².